The first-order valence-electron chi connectivity index (χ1n) is 8.93. The number of carbonyl (C=O) groups is 3. The van der Waals surface area contributed by atoms with Crippen LogP contribution in [0.5, 0.6) is 11.5 Å². The third-order valence-electron chi connectivity index (χ3n) is 4.86. The minimum absolute atomic E-state index is 0.0686. The molecule has 0 aromatic heterocycles. The Morgan fingerprint density at radius 3 is 2.82 bits per heavy atom. The van der Waals surface area contributed by atoms with E-state index in [2.05, 4.69) is 0 Å². The molecule has 2 aliphatic rings. The number of hydrogen-bond donors (Lipinski definition) is 1. The molecule has 28 heavy (non-hydrogen) atoms. The first kappa shape index (κ1) is 20.5. The molecule has 9 heteroatoms. The van der Waals surface area contributed by atoms with Gasteiger partial charge >= 0.3 is 0 Å². The molecular formula is C19H21ClN2O5S. The minimum atomic E-state index is -0.517. The van der Waals surface area contributed by atoms with Crippen LogP contribution in [-0.4, -0.2) is 58.2 Å². The molecule has 7 nitrogen and oxygen atoms in total. The summed E-state index contributed by atoms with van der Waals surface area (Å²) >= 11 is 6.74. The monoisotopic (exact) mass is 424 g/mol. The quantitative estimate of drug-likeness (QED) is 0.744. The highest BCUT2D eigenvalue weighted by Crippen LogP contribution is 2.38. The SMILES string of the molecule is COc1cc(/C=C2\SC(=O)N(CC(=O)N3CCCC[C@H]3C)C2=O)cc(Cl)c1O. The molecule has 0 saturated carbocycles. The standard InChI is InChI=1S/C19H21ClN2O5S/c1-11-5-3-4-6-21(11)16(23)10-22-18(25)15(28-19(22)26)9-12-7-13(20)17(24)14(8-12)27-2/h7-9,11,24H,3-6,10H2,1-2H3/b15-9-/t11-/m1/s1. The summed E-state index contributed by atoms with van der Waals surface area (Å²) in [6.45, 7) is 2.37. The fourth-order valence-electron chi connectivity index (χ4n) is 3.32. The second kappa shape index (κ2) is 8.45. The van der Waals surface area contributed by atoms with Gasteiger partial charge in [-0.25, -0.2) is 0 Å². The summed E-state index contributed by atoms with van der Waals surface area (Å²) in [5.74, 6) is -0.774. The third-order valence-corrected chi connectivity index (χ3v) is 6.05. The number of amides is 3. The smallest absolute Gasteiger partial charge is 0.294 e. The average Bonchev–Trinajstić information content (AvgIpc) is 2.92. The maximum absolute atomic E-state index is 12.7. The molecule has 0 unspecified atom stereocenters. The number of imide groups is 1. The molecular weight excluding hydrogens is 404 g/mol. The summed E-state index contributed by atoms with van der Waals surface area (Å²) in [7, 11) is 1.39. The van der Waals surface area contributed by atoms with Gasteiger partial charge in [0.05, 0.1) is 17.0 Å². The summed E-state index contributed by atoms with van der Waals surface area (Å²) in [5.41, 5.74) is 0.501. The van der Waals surface area contributed by atoms with Gasteiger partial charge in [0.15, 0.2) is 11.5 Å². The lowest BCUT2D eigenvalue weighted by molar-refractivity contribution is -0.138. The van der Waals surface area contributed by atoms with E-state index < -0.39 is 11.1 Å². The normalized spacial score (nSPS) is 21.5. The van der Waals surface area contributed by atoms with E-state index in [1.54, 1.807) is 4.90 Å². The molecule has 3 amide bonds. The van der Waals surface area contributed by atoms with Gasteiger partial charge in [0.2, 0.25) is 5.91 Å². The Hall–Kier alpha value is -2.19. The van der Waals surface area contributed by atoms with Gasteiger partial charge in [0.1, 0.15) is 6.54 Å². The number of phenols is 1. The average molecular weight is 425 g/mol. The zero-order valence-electron chi connectivity index (χ0n) is 15.6. The minimum Gasteiger partial charge on any atom is -0.503 e. The number of halogens is 1. The summed E-state index contributed by atoms with van der Waals surface area (Å²) in [5, 5.41) is 9.40. The Bertz CT molecular complexity index is 857. The fourth-order valence-corrected chi connectivity index (χ4v) is 4.37. The lowest BCUT2D eigenvalue weighted by Crippen LogP contribution is -2.47. The Morgan fingerprint density at radius 2 is 2.14 bits per heavy atom. The highest BCUT2D eigenvalue weighted by Gasteiger charge is 2.38. The highest BCUT2D eigenvalue weighted by atomic mass is 35.5. The van der Waals surface area contributed by atoms with Crippen LogP contribution in [0.1, 0.15) is 31.7 Å². The number of carbonyl (C=O) groups excluding carboxylic acids is 3. The molecule has 1 N–H and O–H groups in total. The van der Waals surface area contributed by atoms with E-state index >= 15 is 0 Å². The topological polar surface area (TPSA) is 87.2 Å². The van der Waals surface area contributed by atoms with Gasteiger partial charge in [0, 0.05) is 12.6 Å². The Labute approximate surface area is 172 Å². The highest BCUT2D eigenvalue weighted by molar-refractivity contribution is 8.18. The van der Waals surface area contributed by atoms with Crippen LogP contribution in [0, 0.1) is 0 Å². The molecule has 0 aliphatic carbocycles. The van der Waals surface area contributed by atoms with E-state index in [-0.39, 0.29) is 39.9 Å². The van der Waals surface area contributed by atoms with Crippen LogP contribution in [0.4, 0.5) is 4.79 Å². The molecule has 0 radical (unpaired) electrons. The lowest BCUT2D eigenvalue weighted by Gasteiger charge is -2.34. The first-order valence-corrected chi connectivity index (χ1v) is 10.1. The Morgan fingerprint density at radius 1 is 1.39 bits per heavy atom. The largest absolute Gasteiger partial charge is 0.503 e. The molecule has 0 spiro atoms. The van der Waals surface area contributed by atoms with Crippen LogP contribution in [-0.2, 0) is 9.59 Å². The summed E-state index contributed by atoms with van der Waals surface area (Å²) < 4.78 is 5.05. The van der Waals surface area contributed by atoms with Gasteiger partial charge < -0.3 is 14.7 Å². The first-order chi connectivity index (χ1) is 13.3. The number of ether oxygens (including phenoxy) is 1. The Kier molecular flexibility index (Phi) is 6.20. The molecule has 0 bridgehead atoms. The molecule has 1 atom stereocenters. The molecule has 2 fully saturated rings. The van der Waals surface area contributed by atoms with E-state index in [0.29, 0.717) is 12.1 Å². The van der Waals surface area contributed by atoms with Crippen molar-refractivity contribution in [2.75, 3.05) is 20.2 Å². The van der Waals surface area contributed by atoms with Gasteiger partial charge in [-0.1, -0.05) is 11.6 Å². The molecule has 2 saturated heterocycles. The Balaban J connectivity index is 1.77. The van der Waals surface area contributed by atoms with Crippen molar-refractivity contribution in [2.45, 2.75) is 32.2 Å². The molecule has 2 heterocycles. The maximum Gasteiger partial charge on any atom is 0.294 e. The van der Waals surface area contributed by atoms with Crippen molar-refractivity contribution >= 4 is 46.5 Å². The second-order valence-electron chi connectivity index (χ2n) is 6.75. The van der Waals surface area contributed by atoms with Crippen LogP contribution in [0.2, 0.25) is 5.02 Å². The third kappa shape index (κ3) is 4.12. The van der Waals surface area contributed by atoms with Gasteiger partial charge in [-0.05, 0) is 61.7 Å². The lowest BCUT2D eigenvalue weighted by atomic mass is 10.0. The van der Waals surface area contributed by atoms with E-state index in [4.69, 9.17) is 16.3 Å². The van der Waals surface area contributed by atoms with Crippen LogP contribution in [0.25, 0.3) is 6.08 Å². The number of piperidine rings is 1. The van der Waals surface area contributed by atoms with Crippen LogP contribution in [0.3, 0.4) is 0 Å². The summed E-state index contributed by atoms with van der Waals surface area (Å²) in [6.07, 6.45) is 4.43. The maximum atomic E-state index is 12.7. The van der Waals surface area contributed by atoms with E-state index in [0.717, 1.165) is 35.9 Å². The van der Waals surface area contributed by atoms with Crippen LogP contribution >= 0.6 is 23.4 Å². The number of phenolic OH excluding ortho intramolecular Hbond substituents is 1. The number of benzene rings is 1. The van der Waals surface area contributed by atoms with E-state index in [1.165, 1.54) is 25.3 Å². The number of nitrogens with zero attached hydrogens (tertiary/aromatic N) is 2. The van der Waals surface area contributed by atoms with Crippen molar-refractivity contribution in [3.8, 4) is 11.5 Å². The van der Waals surface area contributed by atoms with Crippen molar-refractivity contribution in [3.05, 3.63) is 27.6 Å². The van der Waals surface area contributed by atoms with Crippen LogP contribution < -0.4 is 4.74 Å². The predicted molar refractivity (Wildman–Crippen MR) is 107 cm³/mol. The van der Waals surface area contributed by atoms with Gasteiger partial charge in [0.25, 0.3) is 11.1 Å². The molecule has 1 aromatic rings. The summed E-state index contributed by atoms with van der Waals surface area (Å²) in [6, 6.07) is 3.09. The molecule has 3 rings (SSSR count). The fraction of sp³-hybridized carbons (Fsp3) is 0.421. The van der Waals surface area contributed by atoms with Crippen molar-refractivity contribution in [1.29, 1.82) is 0 Å². The van der Waals surface area contributed by atoms with E-state index in [1.807, 2.05) is 6.92 Å². The van der Waals surface area contributed by atoms with Crippen molar-refractivity contribution in [2.24, 2.45) is 0 Å². The number of thioether (sulfide) groups is 1. The molecule has 150 valence electrons. The number of rotatable bonds is 4. The van der Waals surface area contributed by atoms with Crippen molar-refractivity contribution < 1.29 is 24.2 Å². The number of methoxy groups -OCH3 is 1. The van der Waals surface area contributed by atoms with Gasteiger partial charge in [-0.3, -0.25) is 19.3 Å². The second-order valence-corrected chi connectivity index (χ2v) is 8.15. The van der Waals surface area contributed by atoms with Gasteiger partial charge in [-0.15, -0.1) is 0 Å². The zero-order chi connectivity index (χ0) is 20.4. The van der Waals surface area contributed by atoms with E-state index in [9.17, 15) is 19.5 Å². The zero-order valence-corrected chi connectivity index (χ0v) is 17.2. The van der Waals surface area contributed by atoms with Crippen molar-refractivity contribution in [3.63, 3.8) is 0 Å². The van der Waals surface area contributed by atoms with Crippen molar-refractivity contribution in [1.82, 2.24) is 9.80 Å². The number of aromatic hydroxyl groups is 1. The number of likely N-dealkylation sites (tertiary alicyclic amines) is 1. The molecule has 1 aromatic carbocycles. The summed E-state index contributed by atoms with van der Waals surface area (Å²) in [4.78, 5) is 40.4. The molecule has 2 aliphatic heterocycles. The number of hydrogen-bond acceptors (Lipinski definition) is 6. The predicted octanol–water partition coefficient (Wildman–Crippen LogP) is 3.49. The van der Waals surface area contributed by atoms with Crippen LogP contribution in [0.15, 0.2) is 17.0 Å². The van der Waals surface area contributed by atoms with Gasteiger partial charge in [-0.2, -0.15) is 0 Å².